The molecule has 4 saturated carbocycles. The third-order valence-corrected chi connectivity index (χ3v) is 12.3. The largest absolute Gasteiger partial charge is 0.393 e. The molecule has 1 heterocycles. The molecule has 7 atom stereocenters. The van der Waals surface area contributed by atoms with Crippen LogP contribution in [0.25, 0.3) is 0 Å². The molecule has 0 unspecified atom stereocenters. The molecule has 40 heavy (non-hydrogen) atoms. The highest BCUT2D eigenvalue weighted by Crippen LogP contribution is 2.60. The number of fused-ring (bicyclic) bond motifs is 1. The Morgan fingerprint density at radius 2 is 1.93 bits per heavy atom. The molecule has 0 spiro atoms. The molecule has 5 rings (SSSR count). The predicted molar refractivity (Wildman–Crippen MR) is 167 cm³/mol. The second kappa shape index (κ2) is 12.4. The molecule has 0 aliphatic heterocycles. The van der Waals surface area contributed by atoms with Crippen molar-refractivity contribution in [2.24, 2.45) is 23.2 Å². The van der Waals surface area contributed by atoms with Crippen molar-refractivity contribution in [3.63, 3.8) is 0 Å². The lowest BCUT2D eigenvalue weighted by atomic mass is 9.61. The van der Waals surface area contributed by atoms with E-state index in [4.69, 9.17) is 0 Å². The first-order valence-electron chi connectivity index (χ1n) is 16.1. The number of hydrogen-bond acceptors (Lipinski definition) is 4. The van der Waals surface area contributed by atoms with E-state index in [1.807, 2.05) is 11.3 Å². The van der Waals surface area contributed by atoms with Crippen LogP contribution in [0.4, 0.5) is 0 Å². The maximum atomic E-state index is 11.4. The molecule has 0 amide bonds. The number of allylic oxidation sites excluding steroid dienone is 4. The maximum Gasteiger partial charge on any atom is 0.0825 e. The summed E-state index contributed by atoms with van der Waals surface area (Å²) in [6.07, 6.45) is 21.6. The minimum absolute atomic E-state index is 0.0511. The molecular formula is C36H52O3S. The first-order chi connectivity index (χ1) is 19.2. The Morgan fingerprint density at radius 3 is 2.67 bits per heavy atom. The van der Waals surface area contributed by atoms with E-state index in [0.717, 1.165) is 36.8 Å². The number of aliphatic hydroxyl groups is 3. The molecule has 1 aromatic rings. The highest BCUT2D eigenvalue weighted by molar-refractivity contribution is 7.10. The number of thiophene rings is 1. The lowest BCUT2D eigenvalue weighted by molar-refractivity contribution is 0.0862. The fourth-order valence-corrected chi connectivity index (χ4v) is 9.62. The number of aliphatic hydroxyl groups excluding tert-OH is 3. The van der Waals surface area contributed by atoms with E-state index in [1.54, 1.807) is 0 Å². The maximum absolute atomic E-state index is 11.4. The lowest BCUT2D eigenvalue weighted by Crippen LogP contribution is -2.35. The number of rotatable bonds is 10. The van der Waals surface area contributed by atoms with Gasteiger partial charge < -0.3 is 15.3 Å². The van der Waals surface area contributed by atoms with Crippen molar-refractivity contribution in [3.05, 3.63) is 69.5 Å². The van der Waals surface area contributed by atoms with Crippen molar-refractivity contribution in [2.75, 3.05) is 0 Å². The Labute approximate surface area is 246 Å². The first-order valence-corrected chi connectivity index (χ1v) is 16.9. The number of hydrogen-bond donors (Lipinski definition) is 3. The van der Waals surface area contributed by atoms with Crippen molar-refractivity contribution >= 4 is 11.3 Å². The molecule has 0 aromatic carbocycles. The number of unbranched alkanes of at least 4 members (excludes halogenated alkanes) is 2. The van der Waals surface area contributed by atoms with Gasteiger partial charge in [-0.05, 0) is 116 Å². The van der Waals surface area contributed by atoms with Gasteiger partial charge in [-0.1, -0.05) is 70.1 Å². The van der Waals surface area contributed by atoms with Crippen LogP contribution < -0.4 is 0 Å². The van der Waals surface area contributed by atoms with Crippen LogP contribution in [0.2, 0.25) is 0 Å². The Hall–Kier alpha value is -1.46. The van der Waals surface area contributed by atoms with Gasteiger partial charge in [0.05, 0.1) is 18.3 Å². The Kier molecular flexibility index (Phi) is 9.31. The third-order valence-electron chi connectivity index (χ3n) is 11.1. The normalized spacial score (nSPS) is 35.4. The summed E-state index contributed by atoms with van der Waals surface area (Å²) in [6, 6.07) is 2.38. The van der Waals surface area contributed by atoms with E-state index in [2.05, 4.69) is 63.1 Å². The zero-order valence-electron chi connectivity index (χ0n) is 25.1. The van der Waals surface area contributed by atoms with Gasteiger partial charge in [-0.25, -0.2) is 0 Å². The van der Waals surface area contributed by atoms with Crippen LogP contribution in [0.1, 0.15) is 108 Å². The summed E-state index contributed by atoms with van der Waals surface area (Å²) in [5.41, 5.74) is 4.98. The fourth-order valence-electron chi connectivity index (χ4n) is 8.38. The van der Waals surface area contributed by atoms with Gasteiger partial charge in [0.25, 0.3) is 0 Å². The monoisotopic (exact) mass is 564 g/mol. The van der Waals surface area contributed by atoms with E-state index in [1.165, 1.54) is 61.0 Å². The molecule has 4 aliphatic rings. The van der Waals surface area contributed by atoms with E-state index in [-0.39, 0.29) is 10.8 Å². The molecule has 4 heteroatoms. The summed E-state index contributed by atoms with van der Waals surface area (Å²) >= 11 is 1.86. The van der Waals surface area contributed by atoms with Gasteiger partial charge in [0.15, 0.2) is 0 Å². The molecule has 4 aliphatic carbocycles. The smallest absolute Gasteiger partial charge is 0.0825 e. The van der Waals surface area contributed by atoms with Crippen LogP contribution in [0.15, 0.2) is 59.0 Å². The Balaban J connectivity index is 1.24. The summed E-state index contributed by atoms with van der Waals surface area (Å²) in [5.74, 6) is 1.64. The quantitative estimate of drug-likeness (QED) is 0.198. The Morgan fingerprint density at radius 1 is 1.12 bits per heavy atom. The fraction of sp³-hybridized carbons (Fsp3) is 0.667. The Bertz CT molecular complexity index is 1140. The minimum atomic E-state index is -0.633. The molecule has 4 fully saturated rings. The summed E-state index contributed by atoms with van der Waals surface area (Å²) < 4.78 is 0. The van der Waals surface area contributed by atoms with Gasteiger partial charge in [-0.3, -0.25) is 0 Å². The minimum Gasteiger partial charge on any atom is -0.393 e. The topological polar surface area (TPSA) is 60.7 Å². The zero-order chi connectivity index (χ0) is 28.5. The molecule has 3 nitrogen and oxygen atoms in total. The highest BCUT2D eigenvalue weighted by atomic mass is 32.1. The average Bonchev–Trinajstić information content (AvgIpc) is 3.46. The number of aryl methyl sites for hydroxylation is 1. The van der Waals surface area contributed by atoms with Crippen LogP contribution in [0, 0.1) is 23.2 Å². The van der Waals surface area contributed by atoms with Gasteiger partial charge in [-0.15, -0.1) is 11.3 Å². The van der Waals surface area contributed by atoms with E-state index >= 15 is 0 Å². The van der Waals surface area contributed by atoms with E-state index < -0.39 is 18.3 Å². The summed E-state index contributed by atoms with van der Waals surface area (Å²) in [5, 5.41) is 34.1. The summed E-state index contributed by atoms with van der Waals surface area (Å²) in [4.78, 5) is 1.38. The SMILES string of the molecule is C=C1/C(=C\C=C2/CCC[C@]3(C)[C@@H]([C@H](C)/C=C/[C@@H](O)C4(c5cc(CCCCC)cs5)CC4)CC[C@@H]23)C[C@@H](O)C[C@@H]1O. The molecule has 3 N–H and O–H groups in total. The van der Waals surface area contributed by atoms with E-state index in [0.29, 0.717) is 30.6 Å². The van der Waals surface area contributed by atoms with Crippen molar-refractivity contribution in [1.82, 2.24) is 0 Å². The zero-order valence-corrected chi connectivity index (χ0v) is 25.9. The van der Waals surface area contributed by atoms with Gasteiger partial charge in [-0.2, -0.15) is 0 Å². The van der Waals surface area contributed by atoms with Crippen molar-refractivity contribution in [3.8, 4) is 0 Å². The van der Waals surface area contributed by atoms with Gasteiger partial charge in [0.1, 0.15) is 0 Å². The molecular weight excluding hydrogens is 512 g/mol. The van der Waals surface area contributed by atoms with Crippen molar-refractivity contribution < 1.29 is 15.3 Å². The molecule has 220 valence electrons. The molecule has 0 radical (unpaired) electrons. The molecule has 1 aromatic heterocycles. The molecule has 0 saturated heterocycles. The summed E-state index contributed by atoms with van der Waals surface area (Å²) in [6.45, 7) is 11.2. The van der Waals surface area contributed by atoms with Gasteiger partial charge >= 0.3 is 0 Å². The molecule has 0 bridgehead atoms. The highest BCUT2D eigenvalue weighted by Gasteiger charge is 2.52. The average molecular weight is 565 g/mol. The van der Waals surface area contributed by atoms with Crippen LogP contribution in [0.3, 0.4) is 0 Å². The van der Waals surface area contributed by atoms with Crippen LogP contribution in [-0.4, -0.2) is 33.6 Å². The first kappa shape index (κ1) is 30.0. The predicted octanol–water partition coefficient (Wildman–Crippen LogP) is 8.21. The third kappa shape index (κ3) is 6.02. The van der Waals surface area contributed by atoms with Gasteiger partial charge in [0.2, 0.25) is 0 Å². The van der Waals surface area contributed by atoms with Gasteiger partial charge in [0, 0.05) is 16.7 Å². The van der Waals surface area contributed by atoms with Crippen molar-refractivity contribution in [2.45, 2.75) is 128 Å². The van der Waals surface area contributed by atoms with Crippen molar-refractivity contribution in [1.29, 1.82) is 0 Å². The van der Waals surface area contributed by atoms with Crippen LogP contribution in [-0.2, 0) is 11.8 Å². The van der Waals surface area contributed by atoms with Crippen LogP contribution in [0.5, 0.6) is 0 Å². The second-order valence-electron chi connectivity index (χ2n) is 13.8. The standard InChI is InChI=1S/C36H52O3S/c1-5-6-7-9-26-20-34(40-23-26)36(18-19-36)33(39)16-11-24(2)30-14-15-31-27(10-8-17-35(30,31)4)12-13-28-21-29(37)22-32(38)25(28)3/h11-13,16,20,23-24,29-33,37-39H,3,5-10,14-15,17-19,21-22H2,1-2,4H3/b16-11+,27-12+,28-13-/t24-,29-,30-,31+,32+,33-,35-/m1/s1. The van der Waals surface area contributed by atoms with Crippen LogP contribution >= 0.6 is 11.3 Å². The van der Waals surface area contributed by atoms with E-state index in [9.17, 15) is 15.3 Å². The second-order valence-corrected chi connectivity index (χ2v) is 14.7. The summed E-state index contributed by atoms with van der Waals surface area (Å²) in [7, 11) is 0. The lowest BCUT2D eigenvalue weighted by Gasteiger charge is -2.44.